The van der Waals surface area contributed by atoms with Crippen LogP contribution in [0.25, 0.3) is 0 Å². The lowest BCUT2D eigenvalue weighted by atomic mass is 10.1. The summed E-state index contributed by atoms with van der Waals surface area (Å²) >= 11 is 3.37. The number of amides is 1. The van der Waals surface area contributed by atoms with Gasteiger partial charge in [0.15, 0.2) is 0 Å². The number of hydrogen-bond donors (Lipinski definition) is 1. The first kappa shape index (κ1) is 16.8. The van der Waals surface area contributed by atoms with Gasteiger partial charge in [-0.2, -0.15) is 0 Å². The van der Waals surface area contributed by atoms with Crippen molar-refractivity contribution in [1.29, 1.82) is 0 Å². The maximum absolute atomic E-state index is 12.0. The molecule has 1 aliphatic rings. The first-order valence-corrected chi connectivity index (χ1v) is 8.24. The van der Waals surface area contributed by atoms with E-state index in [0.29, 0.717) is 32.5 Å². The number of aliphatic carboxylic acids is 1. The van der Waals surface area contributed by atoms with Crippen molar-refractivity contribution in [3.05, 3.63) is 28.7 Å². The van der Waals surface area contributed by atoms with Crippen LogP contribution in [0.5, 0.6) is 5.75 Å². The fourth-order valence-corrected chi connectivity index (χ4v) is 2.71. The SMILES string of the molecule is O=C(O)[C@@H]1CCN(C(=O)CCCCOc2ccc(Br)cc2)C1. The summed E-state index contributed by atoms with van der Waals surface area (Å²) in [7, 11) is 0. The first-order chi connectivity index (χ1) is 10.6. The van der Waals surface area contributed by atoms with Crippen molar-refractivity contribution in [3.8, 4) is 5.75 Å². The van der Waals surface area contributed by atoms with Gasteiger partial charge in [-0.1, -0.05) is 15.9 Å². The Hall–Kier alpha value is -1.56. The third-order valence-corrected chi connectivity index (χ3v) is 4.29. The molecule has 1 aromatic carbocycles. The Morgan fingerprint density at radius 3 is 2.64 bits per heavy atom. The number of rotatable bonds is 7. The molecule has 0 radical (unpaired) electrons. The van der Waals surface area contributed by atoms with E-state index in [4.69, 9.17) is 9.84 Å². The number of ether oxygens (including phenoxy) is 1. The van der Waals surface area contributed by atoms with Crippen molar-refractivity contribution < 1.29 is 19.4 Å². The van der Waals surface area contributed by atoms with Gasteiger partial charge in [-0.3, -0.25) is 9.59 Å². The predicted molar refractivity (Wildman–Crippen MR) is 85.8 cm³/mol. The van der Waals surface area contributed by atoms with E-state index >= 15 is 0 Å². The summed E-state index contributed by atoms with van der Waals surface area (Å²) in [5, 5.41) is 8.93. The highest BCUT2D eigenvalue weighted by Crippen LogP contribution is 2.18. The zero-order valence-corrected chi connectivity index (χ0v) is 13.9. The number of carbonyl (C=O) groups excluding carboxylic acids is 1. The minimum atomic E-state index is -0.807. The van der Waals surface area contributed by atoms with Gasteiger partial charge in [-0.25, -0.2) is 0 Å². The molecule has 22 heavy (non-hydrogen) atoms. The Morgan fingerprint density at radius 1 is 1.27 bits per heavy atom. The molecule has 2 rings (SSSR count). The van der Waals surface area contributed by atoms with E-state index in [9.17, 15) is 9.59 Å². The van der Waals surface area contributed by atoms with Crippen molar-refractivity contribution in [1.82, 2.24) is 4.90 Å². The van der Waals surface area contributed by atoms with Gasteiger partial charge in [0.2, 0.25) is 5.91 Å². The molecule has 0 spiro atoms. The summed E-state index contributed by atoms with van der Waals surface area (Å²) in [6.07, 6.45) is 2.57. The van der Waals surface area contributed by atoms with E-state index in [1.54, 1.807) is 4.90 Å². The second-order valence-electron chi connectivity index (χ2n) is 5.42. The number of benzene rings is 1. The van der Waals surface area contributed by atoms with E-state index in [0.717, 1.165) is 23.1 Å². The predicted octanol–water partition coefficient (Wildman–Crippen LogP) is 2.93. The highest BCUT2D eigenvalue weighted by atomic mass is 79.9. The Labute approximate surface area is 138 Å². The molecule has 120 valence electrons. The van der Waals surface area contributed by atoms with Crippen LogP contribution in [0.3, 0.4) is 0 Å². The largest absolute Gasteiger partial charge is 0.494 e. The number of nitrogens with zero attached hydrogens (tertiary/aromatic N) is 1. The molecule has 1 atom stereocenters. The smallest absolute Gasteiger partial charge is 0.308 e. The summed E-state index contributed by atoms with van der Waals surface area (Å²) in [4.78, 5) is 24.5. The maximum Gasteiger partial charge on any atom is 0.308 e. The van der Waals surface area contributed by atoms with Crippen molar-refractivity contribution in [3.63, 3.8) is 0 Å². The van der Waals surface area contributed by atoms with Gasteiger partial charge in [-0.15, -0.1) is 0 Å². The average Bonchev–Trinajstić information content (AvgIpc) is 2.99. The van der Waals surface area contributed by atoms with Crippen molar-refractivity contribution >= 4 is 27.8 Å². The molecule has 1 N–H and O–H groups in total. The fourth-order valence-electron chi connectivity index (χ4n) is 2.45. The molecule has 0 bridgehead atoms. The van der Waals surface area contributed by atoms with Crippen LogP contribution in [-0.2, 0) is 9.59 Å². The molecule has 5 nitrogen and oxygen atoms in total. The second kappa shape index (κ2) is 8.17. The van der Waals surface area contributed by atoms with Gasteiger partial charge < -0.3 is 14.7 Å². The van der Waals surface area contributed by atoms with E-state index in [1.807, 2.05) is 24.3 Å². The molecule has 1 aromatic rings. The zero-order valence-electron chi connectivity index (χ0n) is 12.3. The van der Waals surface area contributed by atoms with Crippen LogP contribution in [0, 0.1) is 5.92 Å². The Bertz CT molecular complexity index is 517. The van der Waals surface area contributed by atoms with Crippen LogP contribution in [-0.4, -0.2) is 41.6 Å². The summed E-state index contributed by atoms with van der Waals surface area (Å²) in [6, 6.07) is 7.63. The molecule has 0 unspecified atom stereocenters. The number of carbonyl (C=O) groups is 2. The number of hydrogen-bond acceptors (Lipinski definition) is 3. The van der Waals surface area contributed by atoms with Gasteiger partial charge >= 0.3 is 5.97 Å². The third-order valence-electron chi connectivity index (χ3n) is 3.76. The minimum Gasteiger partial charge on any atom is -0.494 e. The van der Waals surface area contributed by atoms with Crippen molar-refractivity contribution in [2.75, 3.05) is 19.7 Å². The van der Waals surface area contributed by atoms with Gasteiger partial charge in [0, 0.05) is 24.0 Å². The minimum absolute atomic E-state index is 0.0485. The van der Waals surface area contributed by atoms with Crippen LogP contribution >= 0.6 is 15.9 Å². The van der Waals surface area contributed by atoms with Crippen LogP contribution in [0.4, 0.5) is 0 Å². The lowest BCUT2D eigenvalue weighted by molar-refractivity contribution is -0.141. The molecular weight excluding hydrogens is 350 g/mol. The van der Waals surface area contributed by atoms with Crippen molar-refractivity contribution in [2.45, 2.75) is 25.7 Å². The summed E-state index contributed by atoms with van der Waals surface area (Å²) in [5.41, 5.74) is 0. The molecule has 0 aromatic heterocycles. The molecule has 0 aliphatic carbocycles. The standard InChI is InChI=1S/C16H20BrNO4/c17-13-4-6-14(7-5-13)22-10-2-1-3-15(19)18-9-8-12(11-18)16(20)21/h4-7,12H,1-3,8-11H2,(H,20,21)/t12-/m1/s1. The second-order valence-corrected chi connectivity index (χ2v) is 6.34. The molecule has 1 amide bonds. The van der Waals surface area contributed by atoms with Gasteiger partial charge in [0.05, 0.1) is 12.5 Å². The van der Waals surface area contributed by atoms with E-state index in [-0.39, 0.29) is 5.91 Å². The highest BCUT2D eigenvalue weighted by Gasteiger charge is 2.30. The van der Waals surface area contributed by atoms with E-state index in [1.165, 1.54) is 0 Å². The molecule has 1 heterocycles. The first-order valence-electron chi connectivity index (χ1n) is 7.45. The normalized spacial score (nSPS) is 17.5. The number of carboxylic acids is 1. The topological polar surface area (TPSA) is 66.8 Å². The number of likely N-dealkylation sites (tertiary alicyclic amines) is 1. The van der Waals surface area contributed by atoms with Crippen molar-refractivity contribution in [2.24, 2.45) is 5.92 Å². The van der Waals surface area contributed by atoms with Gasteiger partial charge in [0.25, 0.3) is 0 Å². The van der Waals surface area contributed by atoms with Gasteiger partial charge in [-0.05, 0) is 43.5 Å². The van der Waals surface area contributed by atoms with E-state index in [2.05, 4.69) is 15.9 Å². The quantitative estimate of drug-likeness (QED) is 0.750. The van der Waals surface area contributed by atoms with Crippen LogP contribution in [0.1, 0.15) is 25.7 Å². The van der Waals surface area contributed by atoms with Crippen LogP contribution in [0.15, 0.2) is 28.7 Å². The monoisotopic (exact) mass is 369 g/mol. The third kappa shape index (κ3) is 5.02. The summed E-state index contributed by atoms with van der Waals surface area (Å²) < 4.78 is 6.60. The molecule has 0 saturated carbocycles. The van der Waals surface area contributed by atoms with Crippen LogP contribution in [0.2, 0.25) is 0 Å². The Morgan fingerprint density at radius 2 is 2.00 bits per heavy atom. The fraction of sp³-hybridized carbons (Fsp3) is 0.500. The maximum atomic E-state index is 12.0. The number of unbranched alkanes of at least 4 members (excludes halogenated alkanes) is 1. The van der Waals surface area contributed by atoms with E-state index < -0.39 is 11.9 Å². The lowest BCUT2D eigenvalue weighted by Gasteiger charge is -2.15. The highest BCUT2D eigenvalue weighted by molar-refractivity contribution is 9.10. The summed E-state index contributed by atoms with van der Waals surface area (Å²) in [6.45, 7) is 1.49. The van der Waals surface area contributed by atoms with Crippen LogP contribution < -0.4 is 4.74 Å². The molecule has 6 heteroatoms. The molecular formula is C16H20BrNO4. The lowest BCUT2D eigenvalue weighted by Crippen LogP contribution is -2.29. The Kier molecular flexibility index (Phi) is 6.24. The van der Waals surface area contributed by atoms with Gasteiger partial charge in [0.1, 0.15) is 5.75 Å². The molecule has 1 aliphatic heterocycles. The zero-order chi connectivity index (χ0) is 15.9. The molecule has 1 fully saturated rings. The summed E-state index contributed by atoms with van der Waals surface area (Å²) in [5.74, 6) is -0.339. The number of halogens is 1. The average molecular weight is 370 g/mol. The molecule has 1 saturated heterocycles. The number of carboxylic acid groups (broad SMARTS) is 1. The Balaban J connectivity index is 1.59.